The molecule has 2 aliphatic rings. The first-order chi connectivity index (χ1) is 14.7. The van der Waals surface area contributed by atoms with Gasteiger partial charge < -0.3 is 20.3 Å². The van der Waals surface area contributed by atoms with Crippen molar-refractivity contribution in [1.29, 1.82) is 0 Å². The molecule has 1 spiro atoms. The maximum absolute atomic E-state index is 12.6. The fraction of sp³-hybridized carbons (Fsp3) is 0.545. The van der Waals surface area contributed by atoms with Crippen LogP contribution in [0.1, 0.15) is 45.4 Å². The monoisotopic (exact) mass is 430 g/mol. The van der Waals surface area contributed by atoms with Crippen LogP contribution in [0.25, 0.3) is 0 Å². The molecule has 1 saturated carbocycles. The van der Waals surface area contributed by atoms with E-state index in [1.165, 1.54) is 11.8 Å². The normalized spacial score (nSPS) is 18.1. The van der Waals surface area contributed by atoms with Crippen molar-refractivity contribution in [3.05, 3.63) is 24.3 Å². The summed E-state index contributed by atoms with van der Waals surface area (Å²) in [7, 11) is 3.85. The molecule has 168 valence electrons. The van der Waals surface area contributed by atoms with Crippen LogP contribution in [0, 0.1) is 0 Å². The van der Waals surface area contributed by atoms with E-state index in [0.717, 1.165) is 18.5 Å². The molecule has 0 unspecified atom stereocenters. The Morgan fingerprint density at radius 3 is 2.45 bits per heavy atom. The fourth-order valence-electron chi connectivity index (χ4n) is 3.97. The quantitative estimate of drug-likeness (QED) is 0.484. The molecule has 3 rings (SSSR count). The predicted octanol–water partition coefficient (Wildman–Crippen LogP) is 2.27. The number of hydrogen-bond acceptors (Lipinski definition) is 6. The molecule has 1 aliphatic carbocycles. The van der Waals surface area contributed by atoms with Crippen molar-refractivity contribution in [3.8, 4) is 0 Å². The molecule has 0 bridgehead atoms. The molecule has 1 heterocycles. The van der Waals surface area contributed by atoms with E-state index < -0.39 is 29.6 Å². The maximum Gasteiger partial charge on any atom is 0.325 e. The van der Waals surface area contributed by atoms with Crippen LogP contribution in [0.3, 0.4) is 0 Å². The minimum Gasteiger partial charge on any atom is -0.453 e. The highest BCUT2D eigenvalue weighted by Crippen LogP contribution is 2.35. The zero-order valence-corrected chi connectivity index (χ0v) is 18.3. The van der Waals surface area contributed by atoms with E-state index in [9.17, 15) is 19.2 Å². The third kappa shape index (κ3) is 5.15. The minimum absolute atomic E-state index is 0.0131. The molecule has 9 nitrogen and oxygen atoms in total. The number of benzene rings is 1. The van der Waals surface area contributed by atoms with Gasteiger partial charge in [0.05, 0.1) is 0 Å². The summed E-state index contributed by atoms with van der Waals surface area (Å²) in [5.41, 5.74) is 0.869. The lowest BCUT2D eigenvalue weighted by Gasteiger charge is -2.20. The van der Waals surface area contributed by atoms with Crippen molar-refractivity contribution in [3.63, 3.8) is 0 Å². The molecule has 1 aliphatic heterocycles. The van der Waals surface area contributed by atoms with Gasteiger partial charge in [0.2, 0.25) is 0 Å². The van der Waals surface area contributed by atoms with E-state index in [2.05, 4.69) is 10.6 Å². The van der Waals surface area contributed by atoms with E-state index in [1.54, 1.807) is 12.1 Å². The van der Waals surface area contributed by atoms with Gasteiger partial charge in [-0.1, -0.05) is 12.8 Å². The Labute approximate surface area is 182 Å². The van der Waals surface area contributed by atoms with E-state index >= 15 is 0 Å². The van der Waals surface area contributed by atoms with Crippen molar-refractivity contribution in [2.75, 3.05) is 30.9 Å². The third-order valence-corrected chi connectivity index (χ3v) is 5.79. The van der Waals surface area contributed by atoms with Crippen molar-refractivity contribution in [2.24, 2.45) is 0 Å². The number of ether oxygens (including phenoxy) is 1. The maximum atomic E-state index is 12.6. The second-order valence-electron chi connectivity index (χ2n) is 8.34. The van der Waals surface area contributed by atoms with Crippen LogP contribution in [0.5, 0.6) is 0 Å². The number of anilines is 2. The summed E-state index contributed by atoms with van der Waals surface area (Å²) in [4.78, 5) is 52.2. The first-order valence-corrected chi connectivity index (χ1v) is 10.6. The molecule has 4 amide bonds. The topological polar surface area (TPSA) is 108 Å². The number of nitrogens with zero attached hydrogens (tertiary/aromatic N) is 2. The van der Waals surface area contributed by atoms with Crippen LogP contribution in [0.2, 0.25) is 0 Å². The highest BCUT2D eigenvalue weighted by molar-refractivity contribution is 6.07. The Morgan fingerprint density at radius 1 is 1.19 bits per heavy atom. The Hall–Kier alpha value is -3.10. The number of carbonyl (C=O) groups excluding carboxylic acids is 4. The summed E-state index contributed by atoms with van der Waals surface area (Å²) < 4.78 is 5.19. The summed E-state index contributed by atoms with van der Waals surface area (Å²) in [5, 5.41) is 5.53. The Bertz CT molecular complexity index is 846. The number of hydrogen-bond donors (Lipinski definition) is 2. The van der Waals surface area contributed by atoms with E-state index in [4.69, 9.17) is 4.74 Å². The predicted molar refractivity (Wildman–Crippen MR) is 116 cm³/mol. The molecule has 1 atom stereocenters. The summed E-state index contributed by atoms with van der Waals surface area (Å²) in [6.07, 6.45) is 2.52. The standard InChI is InChI=1S/C22H30N4O5/c1-15(19(28)23-16-8-10-17(11-9-16)25(2)3)31-18(27)7-6-14-26-20(29)22(24-21(26)30)12-4-5-13-22/h8-11,15H,4-7,12-14H2,1-3H3,(H,23,28)(H,24,30)/t15-/m1/s1. The fourth-order valence-corrected chi connectivity index (χ4v) is 3.97. The molecule has 1 saturated heterocycles. The Balaban J connectivity index is 1.41. The third-order valence-electron chi connectivity index (χ3n) is 5.79. The summed E-state index contributed by atoms with van der Waals surface area (Å²) in [5.74, 6) is -1.17. The van der Waals surface area contributed by atoms with Crippen molar-refractivity contribution < 1.29 is 23.9 Å². The number of imide groups is 1. The van der Waals surface area contributed by atoms with Gasteiger partial charge in [-0.3, -0.25) is 19.3 Å². The smallest absolute Gasteiger partial charge is 0.325 e. The molecule has 0 aromatic heterocycles. The zero-order valence-electron chi connectivity index (χ0n) is 18.3. The van der Waals surface area contributed by atoms with E-state index in [1.807, 2.05) is 31.1 Å². The molecule has 2 fully saturated rings. The largest absolute Gasteiger partial charge is 0.453 e. The molecule has 1 aromatic carbocycles. The molecule has 2 N–H and O–H groups in total. The first-order valence-electron chi connectivity index (χ1n) is 10.6. The molecule has 0 radical (unpaired) electrons. The van der Waals surface area contributed by atoms with Gasteiger partial charge in [0.15, 0.2) is 6.10 Å². The van der Waals surface area contributed by atoms with E-state index in [-0.39, 0.29) is 25.3 Å². The van der Waals surface area contributed by atoms with E-state index in [0.29, 0.717) is 18.5 Å². The second kappa shape index (κ2) is 9.36. The molecular formula is C22H30N4O5. The minimum atomic E-state index is -0.959. The lowest BCUT2D eigenvalue weighted by Crippen LogP contribution is -2.44. The van der Waals surface area contributed by atoms with Crippen molar-refractivity contribution in [2.45, 2.75) is 57.1 Å². The average molecular weight is 431 g/mol. The lowest BCUT2D eigenvalue weighted by atomic mass is 9.98. The number of nitrogens with one attached hydrogen (secondary N) is 2. The Morgan fingerprint density at radius 2 is 1.84 bits per heavy atom. The van der Waals surface area contributed by atoms with Crippen LogP contribution in [-0.4, -0.2) is 61.0 Å². The van der Waals surface area contributed by atoms with Gasteiger partial charge in [-0.25, -0.2) is 4.79 Å². The van der Waals surface area contributed by atoms with Crippen molar-refractivity contribution >= 4 is 35.2 Å². The second-order valence-corrected chi connectivity index (χ2v) is 8.34. The molecule has 31 heavy (non-hydrogen) atoms. The van der Waals surface area contributed by atoms with Gasteiger partial charge in [0.1, 0.15) is 5.54 Å². The summed E-state index contributed by atoms with van der Waals surface area (Å²) in [6.45, 7) is 1.66. The summed E-state index contributed by atoms with van der Waals surface area (Å²) in [6, 6.07) is 6.90. The lowest BCUT2D eigenvalue weighted by molar-refractivity contribution is -0.153. The van der Waals surface area contributed by atoms with Gasteiger partial charge in [-0.05, 0) is 50.5 Å². The average Bonchev–Trinajstić information content (AvgIpc) is 3.28. The zero-order chi connectivity index (χ0) is 22.6. The molecule has 1 aromatic rings. The van der Waals surface area contributed by atoms with Crippen LogP contribution in [-0.2, 0) is 19.1 Å². The summed E-state index contributed by atoms with van der Waals surface area (Å²) >= 11 is 0. The van der Waals surface area contributed by atoms with Crippen LogP contribution in [0.4, 0.5) is 16.2 Å². The van der Waals surface area contributed by atoms with Gasteiger partial charge in [-0.15, -0.1) is 0 Å². The number of amides is 4. The molecule has 9 heteroatoms. The number of rotatable bonds is 8. The van der Waals surface area contributed by atoms with Gasteiger partial charge in [0.25, 0.3) is 11.8 Å². The van der Waals surface area contributed by atoms with Crippen LogP contribution in [0.15, 0.2) is 24.3 Å². The Kier molecular flexibility index (Phi) is 6.82. The van der Waals surface area contributed by atoms with Crippen LogP contribution >= 0.6 is 0 Å². The first kappa shape index (κ1) is 22.6. The number of carbonyl (C=O) groups is 4. The molecular weight excluding hydrogens is 400 g/mol. The van der Waals surface area contributed by atoms with Crippen LogP contribution < -0.4 is 15.5 Å². The highest BCUT2D eigenvalue weighted by Gasteiger charge is 2.52. The number of esters is 1. The highest BCUT2D eigenvalue weighted by atomic mass is 16.5. The van der Waals surface area contributed by atoms with Gasteiger partial charge in [0, 0.05) is 38.4 Å². The van der Waals surface area contributed by atoms with Crippen molar-refractivity contribution in [1.82, 2.24) is 10.2 Å². The van der Waals surface area contributed by atoms with Gasteiger partial charge >= 0.3 is 12.0 Å². The SMILES string of the molecule is C[C@@H](OC(=O)CCCN1C(=O)NC2(CCCC2)C1=O)C(=O)Nc1ccc(N(C)C)cc1. The van der Waals surface area contributed by atoms with Gasteiger partial charge in [-0.2, -0.15) is 0 Å². The number of urea groups is 1.